The minimum absolute atomic E-state index is 0.599. The molecule has 21 heavy (non-hydrogen) atoms. The van der Waals surface area contributed by atoms with Gasteiger partial charge in [-0.1, -0.05) is 26.7 Å². The first-order chi connectivity index (χ1) is 10.3. The molecule has 1 N–H and O–H groups in total. The van der Waals surface area contributed by atoms with E-state index in [0.717, 1.165) is 37.1 Å². The Balaban J connectivity index is 2.19. The van der Waals surface area contributed by atoms with Gasteiger partial charge in [0.2, 0.25) is 0 Å². The Labute approximate surface area is 129 Å². The smallest absolute Gasteiger partial charge is 0.136 e. The standard InChI is InChI=1S/C17H30N4/c1-4-7-11-21(12-8-5-2)16-13-15(18-6-3)19-17(20-16)14-9-10-14/h13-14H,4-12H2,1-3H3,(H,18,19,20). The number of nitrogens with zero attached hydrogens (tertiary/aromatic N) is 3. The van der Waals surface area contributed by atoms with Crippen molar-refractivity contribution < 1.29 is 0 Å². The summed E-state index contributed by atoms with van der Waals surface area (Å²) < 4.78 is 0. The molecule has 1 aromatic rings. The minimum atomic E-state index is 0.599. The molecule has 0 radical (unpaired) electrons. The molecule has 4 heteroatoms. The molecule has 4 nitrogen and oxygen atoms in total. The van der Waals surface area contributed by atoms with Gasteiger partial charge in [-0.05, 0) is 32.6 Å². The molecule has 0 bridgehead atoms. The molecule has 1 heterocycles. The van der Waals surface area contributed by atoms with Crippen LogP contribution in [0, 0.1) is 0 Å². The van der Waals surface area contributed by atoms with Crippen molar-refractivity contribution in [1.29, 1.82) is 0 Å². The van der Waals surface area contributed by atoms with E-state index >= 15 is 0 Å². The average Bonchev–Trinajstić information content (AvgIpc) is 3.32. The fourth-order valence-electron chi connectivity index (χ4n) is 2.45. The van der Waals surface area contributed by atoms with Crippen molar-refractivity contribution in [2.75, 3.05) is 29.9 Å². The van der Waals surface area contributed by atoms with Crippen LogP contribution in [-0.2, 0) is 0 Å². The van der Waals surface area contributed by atoms with E-state index in [1.165, 1.54) is 38.5 Å². The Kier molecular flexibility index (Phi) is 6.27. The number of rotatable bonds is 10. The number of unbranched alkanes of at least 4 members (excludes halogenated alkanes) is 2. The lowest BCUT2D eigenvalue weighted by Gasteiger charge is -2.24. The highest BCUT2D eigenvalue weighted by molar-refractivity contribution is 5.50. The van der Waals surface area contributed by atoms with Crippen molar-refractivity contribution in [2.45, 2.75) is 65.2 Å². The lowest BCUT2D eigenvalue weighted by atomic mass is 10.2. The topological polar surface area (TPSA) is 41.0 Å². The quantitative estimate of drug-likeness (QED) is 0.701. The lowest BCUT2D eigenvalue weighted by Crippen LogP contribution is -2.27. The molecule has 0 saturated heterocycles. The maximum absolute atomic E-state index is 4.86. The van der Waals surface area contributed by atoms with Crippen molar-refractivity contribution in [1.82, 2.24) is 9.97 Å². The van der Waals surface area contributed by atoms with E-state index in [4.69, 9.17) is 4.98 Å². The molecule has 118 valence electrons. The van der Waals surface area contributed by atoms with Gasteiger partial charge in [0.05, 0.1) is 0 Å². The summed E-state index contributed by atoms with van der Waals surface area (Å²) in [5, 5.41) is 3.36. The van der Waals surface area contributed by atoms with E-state index < -0.39 is 0 Å². The van der Waals surface area contributed by atoms with Crippen LogP contribution in [0.5, 0.6) is 0 Å². The monoisotopic (exact) mass is 290 g/mol. The molecule has 0 amide bonds. The first-order valence-electron chi connectivity index (χ1n) is 8.66. The molecular weight excluding hydrogens is 260 g/mol. The zero-order valence-electron chi connectivity index (χ0n) is 13.9. The van der Waals surface area contributed by atoms with Crippen molar-refractivity contribution in [3.8, 4) is 0 Å². The predicted molar refractivity (Wildman–Crippen MR) is 90.2 cm³/mol. The first kappa shape index (κ1) is 16.1. The van der Waals surface area contributed by atoms with E-state index in [0.29, 0.717) is 5.92 Å². The van der Waals surface area contributed by atoms with Crippen molar-refractivity contribution in [3.63, 3.8) is 0 Å². The highest BCUT2D eigenvalue weighted by Crippen LogP contribution is 2.39. The fourth-order valence-corrected chi connectivity index (χ4v) is 2.45. The first-order valence-corrected chi connectivity index (χ1v) is 8.66. The van der Waals surface area contributed by atoms with E-state index in [-0.39, 0.29) is 0 Å². The molecule has 0 atom stereocenters. The number of hydrogen-bond donors (Lipinski definition) is 1. The summed E-state index contributed by atoms with van der Waals surface area (Å²) in [5.74, 6) is 3.75. The molecule has 0 unspecified atom stereocenters. The summed E-state index contributed by atoms with van der Waals surface area (Å²) in [7, 11) is 0. The van der Waals surface area contributed by atoms with Crippen LogP contribution < -0.4 is 10.2 Å². The molecule has 0 spiro atoms. The van der Waals surface area contributed by atoms with Gasteiger partial charge in [-0.15, -0.1) is 0 Å². The molecule has 0 aromatic carbocycles. The second-order valence-corrected chi connectivity index (χ2v) is 5.97. The van der Waals surface area contributed by atoms with Gasteiger partial charge in [-0.2, -0.15) is 0 Å². The summed E-state index contributed by atoms with van der Waals surface area (Å²) >= 11 is 0. The molecule has 0 aliphatic heterocycles. The second kappa shape index (κ2) is 8.20. The summed E-state index contributed by atoms with van der Waals surface area (Å²) in [6.07, 6.45) is 7.40. The van der Waals surface area contributed by atoms with Gasteiger partial charge < -0.3 is 10.2 Å². The van der Waals surface area contributed by atoms with Crippen LogP contribution in [0.1, 0.15) is 71.0 Å². The highest BCUT2D eigenvalue weighted by Gasteiger charge is 2.27. The lowest BCUT2D eigenvalue weighted by molar-refractivity contribution is 0.668. The van der Waals surface area contributed by atoms with E-state index in [1.54, 1.807) is 0 Å². The van der Waals surface area contributed by atoms with Crippen LogP contribution in [0.3, 0.4) is 0 Å². The van der Waals surface area contributed by atoms with Crippen LogP contribution in [-0.4, -0.2) is 29.6 Å². The summed E-state index contributed by atoms with van der Waals surface area (Å²) in [5.41, 5.74) is 0. The highest BCUT2D eigenvalue weighted by atomic mass is 15.2. The Morgan fingerprint density at radius 1 is 1.10 bits per heavy atom. The Hall–Kier alpha value is -1.32. The summed E-state index contributed by atoms with van der Waals surface area (Å²) in [6, 6.07) is 2.13. The largest absolute Gasteiger partial charge is 0.370 e. The predicted octanol–water partition coefficient (Wildman–Crippen LogP) is 4.19. The Bertz CT molecular complexity index is 421. The van der Waals surface area contributed by atoms with Gasteiger partial charge in [-0.25, -0.2) is 9.97 Å². The third-order valence-electron chi connectivity index (χ3n) is 3.92. The van der Waals surface area contributed by atoms with E-state index in [9.17, 15) is 0 Å². The molecule has 1 saturated carbocycles. The number of nitrogens with one attached hydrogen (secondary N) is 1. The summed E-state index contributed by atoms with van der Waals surface area (Å²) in [4.78, 5) is 12.0. The zero-order chi connectivity index (χ0) is 15.1. The van der Waals surface area contributed by atoms with E-state index in [1.807, 2.05) is 0 Å². The number of anilines is 2. The van der Waals surface area contributed by atoms with Crippen LogP contribution >= 0.6 is 0 Å². The maximum atomic E-state index is 4.86. The Morgan fingerprint density at radius 2 is 1.76 bits per heavy atom. The maximum Gasteiger partial charge on any atom is 0.136 e. The van der Waals surface area contributed by atoms with Gasteiger partial charge in [-0.3, -0.25) is 0 Å². The molecule has 1 fully saturated rings. The van der Waals surface area contributed by atoms with Gasteiger partial charge in [0.15, 0.2) is 0 Å². The second-order valence-electron chi connectivity index (χ2n) is 5.97. The van der Waals surface area contributed by atoms with Crippen molar-refractivity contribution in [2.24, 2.45) is 0 Å². The SMILES string of the molecule is CCCCN(CCCC)c1cc(NCC)nc(C2CC2)n1. The Morgan fingerprint density at radius 3 is 2.29 bits per heavy atom. The molecule has 2 rings (SSSR count). The molecule has 1 aliphatic carbocycles. The third kappa shape index (κ3) is 4.87. The van der Waals surface area contributed by atoms with Crippen molar-refractivity contribution >= 4 is 11.6 Å². The van der Waals surface area contributed by atoms with Crippen LogP contribution in [0.25, 0.3) is 0 Å². The van der Waals surface area contributed by atoms with Gasteiger partial charge in [0, 0.05) is 31.6 Å². The zero-order valence-corrected chi connectivity index (χ0v) is 13.9. The number of hydrogen-bond acceptors (Lipinski definition) is 4. The van der Waals surface area contributed by atoms with Gasteiger partial charge >= 0.3 is 0 Å². The average molecular weight is 290 g/mol. The number of aromatic nitrogens is 2. The van der Waals surface area contributed by atoms with Gasteiger partial charge in [0.25, 0.3) is 0 Å². The molecular formula is C17H30N4. The normalized spacial score (nSPS) is 14.2. The van der Waals surface area contributed by atoms with E-state index in [2.05, 4.69) is 42.0 Å². The molecule has 1 aliphatic rings. The fraction of sp³-hybridized carbons (Fsp3) is 0.765. The van der Waals surface area contributed by atoms with Crippen LogP contribution in [0.15, 0.2) is 6.07 Å². The van der Waals surface area contributed by atoms with Crippen molar-refractivity contribution in [3.05, 3.63) is 11.9 Å². The molecule has 1 aromatic heterocycles. The summed E-state index contributed by atoms with van der Waals surface area (Å²) in [6.45, 7) is 9.72. The van der Waals surface area contributed by atoms with Gasteiger partial charge in [0.1, 0.15) is 17.5 Å². The van der Waals surface area contributed by atoms with Crippen LogP contribution in [0.2, 0.25) is 0 Å². The van der Waals surface area contributed by atoms with Crippen LogP contribution in [0.4, 0.5) is 11.6 Å². The minimum Gasteiger partial charge on any atom is -0.370 e. The third-order valence-corrected chi connectivity index (χ3v) is 3.92.